The monoisotopic (exact) mass is 490 g/mol. The summed E-state index contributed by atoms with van der Waals surface area (Å²) in [7, 11) is 2.76. The number of amides is 2. The molecule has 0 bridgehead atoms. The largest absolute Gasteiger partial charge is 0.538 e. The number of para-hydroxylation sites is 1. The molecule has 0 radical (unpaired) electrons. The Labute approximate surface area is 197 Å². The van der Waals surface area contributed by atoms with E-state index in [2.05, 4.69) is 20.4 Å². The minimum absolute atomic E-state index is 0.106. The molecule has 0 saturated carbocycles. The summed E-state index contributed by atoms with van der Waals surface area (Å²) in [5.74, 6) is -2.17. The SMILES string of the molecule is CCC(Sc1c([O-])on[n+]1C)C(=O)Nc1sc(C(=O)Nc2ccccc2)c(C)c1C(=O)OC. The molecule has 0 saturated heterocycles. The van der Waals surface area contributed by atoms with E-state index in [-0.39, 0.29) is 20.5 Å². The second kappa shape index (κ2) is 10.5. The second-order valence-corrected chi connectivity index (χ2v) is 9.08. The fourth-order valence-corrected chi connectivity index (χ4v) is 4.97. The first-order valence-electron chi connectivity index (χ1n) is 9.85. The summed E-state index contributed by atoms with van der Waals surface area (Å²) < 4.78 is 10.7. The Morgan fingerprint density at radius 2 is 1.97 bits per heavy atom. The fourth-order valence-electron chi connectivity index (χ4n) is 2.96. The maximum Gasteiger partial charge on any atom is 0.341 e. The van der Waals surface area contributed by atoms with E-state index in [0.717, 1.165) is 23.1 Å². The van der Waals surface area contributed by atoms with Crippen molar-refractivity contribution in [3.8, 4) is 5.95 Å². The Kier molecular flexibility index (Phi) is 7.71. The van der Waals surface area contributed by atoms with E-state index in [9.17, 15) is 19.5 Å². The topological polar surface area (TPSA) is 137 Å². The van der Waals surface area contributed by atoms with E-state index in [1.807, 2.05) is 6.07 Å². The van der Waals surface area contributed by atoms with Gasteiger partial charge in [-0.25, -0.2) is 4.79 Å². The lowest BCUT2D eigenvalue weighted by atomic mass is 10.1. The number of aromatic nitrogens is 2. The normalized spacial score (nSPS) is 11.6. The minimum Gasteiger partial charge on any atom is -0.538 e. The van der Waals surface area contributed by atoms with Gasteiger partial charge in [0.1, 0.15) is 5.00 Å². The van der Waals surface area contributed by atoms with Crippen molar-refractivity contribution in [3.63, 3.8) is 0 Å². The highest BCUT2D eigenvalue weighted by Crippen LogP contribution is 2.36. The third kappa shape index (κ3) is 5.34. The Morgan fingerprint density at radius 3 is 2.55 bits per heavy atom. The van der Waals surface area contributed by atoms with Crippen molar-refractivity contribution in [1.29, 1.82) is 0 Å². The lowest BCUT2D eigenvalue weighted by molar-refractivity contribution is -0.772. The van der Waals surface area contributed by atoms with Gasteiger partial charge in [0, 0.05) is 5.69 Å². The molecule has 10 nitrogen and oxygen atoms in total. The molecule has 0 aliphatic rings. The number of esters is 1. The predicted octanol–water partition coefficient (Wildman–Crippen LogP) is 2.49. The maximum atomic E-state index is 13.0. The highest BCUT2D eigenvalue weighted by atomic mass is 32.2. The van der Waals surface area contributed by atoms with Crippen LogP contribution in [0, 0.1) is 6.92 Å². The number of anilines is 2. The van der Waals surface area contributed by atoms with E-state index < -0.39 is 29.0 Å². The summed E-state index contributed by atoms with van der Waals surface area (Å²) in [6, 6.07) is 8.87. The van der Waals surface area contributed by atoms with Crippen molar-refractivity contribution < 1.29 is 33.4 Å². The van der Waals surface area contributed by atoms with Crippen molar-refractivity contribution in [2.24, 2.45) is 7.05 Å². The molecule has 3 aromatic rings. The van der Waals surface area contributed by atoms with Gasteiger partial charge in [-0.15, -0.1) is 11.3 Å². The molecule has 33 heavy (non-hydrogen) atoms. The summed E-state index contributed by atoms with van der Waals surface area (Å²) in [5.41, 5.74) is 1.09. The second-order valence-electron chi connectivity index (χ2n) is 6.87. The molecule has 0 aliphatic carbocycles. The number of ether oxygens (including phenoxy) is 1. The van der Waals surface area contributed by atoms with E-state index in [0.29, 0.717) is 17.7 Å². The number of hydrogen-bond acceptors (Lipinski definition) is 9. The zero-order chi connectivity index (χ0) is 24.1. The van der Waals surface area contributed by atoms with Crippen LogP contribution in [0.4, 0.5) is 10.7 Å². The highest BCUT2D eigenvalue weighted by molar-refractivity contribution is 8.00. The van der Waals surface area contributed by atoms with Crippen LogP contribution in [0.3, 0.4) is 0 Å². The molecule has 0 aliphatic heterocycles. The van der Waals surface area contributed by atoms with E-state index in [4.69, 9.17) is 4.74 Å². The summed E-state index contributed by atoms with van der Waals surface area (Å²) in [4.78, 5) is 38.6. The lowest BCUT2D eigenvalue weighted by Crippen LogP contribution is -2.34. The zero-order valence-corrected chi connectivity index (χ0v) is 20.0. The lowest BCUT2D eigenvalue weighted by Gasteiger charge is -2.12. The van der Waals surface area contributed by atoms with Crippen LogP contribution in [0.25, 0.3) is 0 Å². The third-order valence-corrected chi connectivity index (χ3v) is 7.33. The number of thioether (sulfide) groups is 1. The molecule has 2 heterocycles. The van der Waals surface area contributed by atoms with Gasteiger partial charge >= 0.3 is 5.97 Å². The Bertz CT molecular complexity index is 1160. The molecule has 2 aromatic heterocycles. The Morgan fingerprint density at radius 1 is 1.27 bits per heavy atom. The van der Waals surface area contributed by atoms with Gasteiger partial charge in [0.25, 0.3) is 10.9 Å². The number of carbonyl (C=O) groups excluding carboxylic acids is 3. The molecule has 0 fully saturated rings. The average molecular weight is 491 g/mol. The van der Waals surface area contributed by atoms with E-state index >= 15 is 0 Å². The van der Waals surface area contributed by atoms with Crippen LogP contribution in [-0.4, -0.2) is 35.4 Å². The van der Waals surface area contributed by atoms with Gasteiger partial charge in [0.15, 0.2) is 13.0 Å². The van der Waals surface area contributed by atoms with Gasteiger partial charge in [-0.3, -0.25) is 9.59 Å². The quantitative estimate of drug-likeness (QED) is 0.279. The standard InChI is InChI=1S/C21H22N4O6S2/c1-5-13(32-19-21(29)31-24-25(19)3)16(26)23-18-14(20(28)30-4)11(2)15(33-18)17(27)22-12-9-7-6-8-10-12/h6-10,13H,5H2,1-4H3,(H2-,22,23,24,26,27,28,29). The van der Waals surface area contributed by atoms with Gasteiger partial charge in [0.2, 0.25) is 5.91 Å². The summed E-state index contributed by atoms with van der Waals surface area (Å²) in [6.07, 6.45) is 0.389. The zero-order valence-electron chi connectivity index (χ0n) is 18.3. The van der Waals surface area contributed by atoms with E-state index in [1.54, 1.807) is 38.1 Å². The van der Waals surface area contributed by atoms with Gasteiger partial charge in [-0.2, -0.15) is 0 Å². The Hall–Kier alpha value is -3.38. The minimum atomic E-state index is -0.675. The van der Waals surface area contributed by atoms with Crippen LogP contribution in [0.15, 0.2) is 39.9 Å². The van der Waals surface area contributed by atoms with Crippen molar-refractivity contribution in [2.45, 2.75) is 30.5 Å². The number of thiophene rings is 1. The molecule has 2 amide bonds. The number of hydrogen-bond donors (Lipinski definition) is 2. The summed E-state index contributed by atoms with van der Waals surface area (Å²) >= 11 is 1.98. The number of rotatable bonds is 8. The van der Waals surface area contributed by atoms with Crippen LogP contribution >= 0.6 is 23.1 Å². The van der Waals surface area contributed by atoms with Crippen molar-refractivity contribution in [1.82, 2.24) is 5.27 Å². The molecule has 0 spiro atoms. The molecule has 2 N–H and O–H groups in total. The number of nitrogens with zero attached hydrogens (tertiary/aromatic N) is 2. The van der Waals surface area contributed by atoms with Crippen molar-refractivity contribution >= 4 is 51.6 Å². The average Bonchev–Trinajstić information content (AvgIpc) is 3.30. The van der Waals surface area contributed by atoms with Crippen LogP contribution < -0.4 is 20.4 Å². The number of methoxy groups -OCH3 is 1. The van der Waals surface area contributed by atoms with Crippen molar-refractivity contribution in [3.05, 3.63) is 46.3 Å². The Balaban J connectivity index is 1.87. The summed E-state index contributed by atoms with van der Waals surface area (Å²) in [6.45, 7) is 3.40. The van der Waals surface area contributed by atoms with E-state index in [1.165, 1.54) is 18.8 Å². The highest BCUT2D eigenvalue weighted by Gasteiger charge is 2.30. The van der Waals surface area contributed by atoms with Crippen LogP contribution in [0.1, 0.15) is 38.9 Å². The van der Waals surface area contributed by atoms with Crippen LogP contribution in [0.2, 0.25) is 0 Å². The van der Waals surface area contributed by atoms with Crippen LogP contribution in [-0.2, 0) is 16.6 Å². The molecule has 3 rings (SSSR count). The van der Waals surface area contributed by atoms with Crippen LogP contribution in [0.5, 0.6) is 5.95 Å². The number of nitrogens with one attached hydrogen (secondary N) is 2. The molecule has 1 unspecified atom stereocenters. The van der Waals surface area contributed by atoms with Gasteiger partial charge in [-0.1, -0.05) is 29.8 Å². The number of benzene rings is 1. The molecular weight excluding hydrogens is 468 g/mol. The first kappa shape index (κ1) is 24.3. The predicted molar refractivity (Wildman–Crippen MR) is 120 cm³/mol. The van der Waals surface area contributed by atoms with Gasteiger partial charge < -0.3 is 25.0 Å². The molecule has 1 atom stereocenters. The number of aryl methyl sites for hydroxylation is 1. The first-order valence-corrected chi connectivity index (χ1v) is 11.5. The molecule has 174 valence electrons. The third-order valence-electron chi connectivity index (χ3n) is 4.64. The molecular formula is C21H22N4O6S2. The molecule has 1 aromatic carbocycles. The summed E-state index contributed by atoms with van der Waals surface area (Å²) in [5, 5.41) is 20.6. The fraction of sp³-hybridized carbons (Fsp3) is 0.286. The first-order chi connectivity index (χ1) is 15.8. The smallest absolute Gasteiger partial charge is 0.341 e. The maximum absolute atomic E-state index is 13.0. The molecule has 12 heteroatoms. The van der Waals surface area contributed by atoms with Gasteiger partial charge in [-0.05, 0) is 42.8 Å². The van der Waals surface area contributed by atoms with Gasteiger partial charge in [0.05, 0.1) is 28.1 Å². The van der Waals surface area contributed by atoms with Crippen molar-refractivity contribution in [2.75, 3.05) is 17.7 Å². The number of carbonyl (C=O) groups is 3.